The molecule has 0 radical (unpaired) electrons. The molecule has 0 bridgehead atoms. The molecule has 1 aromatic carbocycles. The molecule has 1 amide bonds. The van der Waals surface area contributed by atoms with Crippen molar-refractivity contribution < 1.29 is 9.53 Å². The number of aromatic amines is 1. The fraction of sp³-hybridized carbons (Fsp3) is 0.529. The number of benzene rings is 1. The summed E-state index contributed by atoms with van der Waals surface area (Å²) in [5.74, 6) is 1.56. The maximum atomic E-state index is 12.4. The summed E-state index contributed by atoms with van der Waals surface area (Å²) < 4.78 is 5.66. The highest BCUT2D eigenvalue weighted by molar-refractivity contribution is 8.00. The van der Waals surface area contributed by atoms with Crippen LogP contribution in [0.5, 0.6) is 0 Å². The van der Waals surface area contributed by atoms with E-state index in [-0.39, 0.29) is 16.8 Å². The average Bonchev–Trinajstić information content (AvgIpc) is 2.95. The number of nitrogens with one attached hydrogen (secondary N) is 1. The topological polar surface area (TPSA) is 58.2 Å². The fourth-order valence-corrected chi connectivity index (χ4v) is 3.61. The molecule has 1 aromatic heterocycles. The standard InChI is InChI=1S/C17H23N3O2S/c1-12(16-18-13-6-4-5-7-14(13)19-16)23-10-15(21)20-8-9-22-17(2,3)11-20/h4-7,12H,8-11H2,1-3H3,(H,18,19). The number of thioether (sulfide) groups is 1. The molecule has 1 aliphatic rings. The zero-order valence-corrected chi connectivity index (χ0v) is 14.7. The summed E-state index contributed by atoms with van der Waals surface area (Å²) in [4.78, 5) is 22.3. The van der Waals surface area contributed by atoms with Gasteiger partial charge in [-0.3, -0.25) is 4.79 Å². The van der Waals surface area contributed by atoms with Gasteiger partial charge in [0.05, 0.1) is 34.2 Å². The van der Waals surface area contributed by atoms with Gasteiger partial charge in [0.25, 0.3) is 0 Å². The second-order valence-electron chi connectivity index (χ2n) is 6.52. The van der Waals surface area contributed by atoms with Crippen LogP contribution in [-0.2, 0) is 9.53 Å². The second-order valence-corrected chi connectivity index (χ2v) is 7.84. The van der Waals surface area contributed by atoms with Gasteiger partial charge in [-0.15, -0.1) is 11.8 Å². The highest BCUT2D eigenvalue weighted by Crippen LogP contribution is 2.28. The van der Waals surface area contributed by atoms with Crippen LogP contribution in [0.1, 0.15) is 31.8 Å². The van der Waals surface area contributed by atoms with Crippen LogP contribution in [0.2, 0.25) is 0 Å². The number of aromatic nitrogens is 2. The second kappa shape index (κ2) is 6.53. The Hall–Kier alpha value is -1.53. The number of rotatable bonds is 4. The molecule has 1 saturated heterocycles. The lowest BCUT2D eigenvalue weighted by Gasteiger charge is -2.38. The zero-order valence-electron chi connectivity index (χ0n) is 13.8. The smallest absolute Gasteiger partial charge is 0.232 e. The number of hydrogen-bond acceptors (Lipinski definition) is 4. The molecule has 23 heavy (non-hydrogen) atoms. The van der Waals surface area contributed by atoms with E-state index in [1.807, 2.05) is 43.0 Å². The van der Waals surface area contributed by atoms with Crippen LogP contribution in [0.15, 0.2) is 24.3 Å². The summed E-state index contributed by atoms with van der Waals surface area (Å²) in [6.45, 7) is 8.09. The SMILES string of the molecule is CC(SCC(=O)N1CCOC(C)(C)C1)c1nc2ccccc2[nH]1. The maximum Gasteiger partial charge on any atom is 0.232 e. The molecule has 5 nitrogen and oxygen atoms in total. The number of carbonyl (C=O) groups is 1. The number of imidazole rings is 1. The van der Waals surface area contributed by atoms with Crippen molar-refractivity contribution >= 4 is 28.7 Å². The summed E-state index contributed by atoms with van der Waals surface area (Å²) in [6, 6.07) is 7.98. The minimum Gasteiger partial charge on any atom is -0.372 e. The molecular weight excluding hydrogens is 310 g/mol. The van der Waals surface area contributed by atoms with Crippen molar-refractivity contribution in [2.24, 2.45) is 0 Å². The maximum absolute atomic E-state index is 12.4. The molecule has 6 heteroatoms. The van der Waals surface area contributed by atoms with Crippen LogP contribution in [0.3, 0.4) is 0 Å². The van der Waals surface area contributed by atoms with Gasteiger partial charge in [0, 0.05) is 13.1 Å². The highest BCUT2D eigenvalue weighted by Gasteiger charge is 2.30. The van der Waals surface area contributed by atoms with Crippen molar-refractivity contribution in [2.75, 3.05) is 25.4 Å². The van der Waals surface area contributed by atoms with Gasteiger partial charge < -0.3 is 14.6 Å². The van der Waals surface area contributed by atoms with E-state index in [2.05, 4.69) is 16.9 Å². The van der Waals surface area contributed by atoms with Crippen LogP contribution in [0, 0.1) is 0 Å². The molecule has 1 N–H and O–H groups in total. The average molecular weight is 333 g/mol. The van der Waals surface area contributed by atoms with Gasteiger partial charge >= 0.3 is 0 Å². The first kappa shape index (κ1) is 16.3. The number of carbonyl (C=O) groups excluding carboxylic acids is 1. The van der Waals surface area contributed by atoms with Crippen LogP contribution < -0.4 is 0 Å². The van der Waals surface area contributed by atoms with E-state index >= 15 is 0 Å². The van der Waals surface area contributed by atoms with Crippen molar-refractivity contribution in [1.29, 1.82) is 0 Å². The molecule has 124 valence electrons. The number of para-hydroxylation sites is 2. The Kier molecular flexibility index (Phi) is 4.64. The Bertz CT molecular complexity index is 665. The van der Waals surface area contributed by atoms with E-state index in [0.29, 0.717) is 25.4 Å². The summed E-state index contributed by atoms with van der Waals surface area (Å²) in [5.41, 5.74) is 1.76. The molecule has 2 aromatic rings. The molecule has 1 fully saturated rings. The summed E-state index contributed by atoms with van der Waals surface area (Å²) >= 11 is 1.62. The zero-order chi connectivity index (χ0) is 16.4. The normalized spacial score (nSPS) is 19.0. The number of morpholine rings is 1. The number of hydrogen-bond donors (Lipinski definition) is 1. The lowest BCUT2D eigenvalue weighted by atomic mass is 10.1. The van der Waals surface area contributed by atoms with Gasteiger partial charge in [0.2, 0.25) is 5.91 Å². The molecular formula is C17H23N3O2S. The first-order valence-electron chi connectivity index (χ1n) is 7.93. The molecule has 0 aliphatic carbocycles. The third kappa shape index (κ3) is 3.87. The third-order valence-corrected chi connectivity index (χ3v) is 5.16. The Morgan fingerprint density at radius 3 is 3.00 bits per heavy atom. The molecule has 1 aliphatic heterocycles. The summed E-state index contributed by atoms with van der Waals surface area (Å²) in [5, 5.41) is 0.153. The van der Waals surface area contributed by atoms with Crippen molar-refractivity contribution in [3.63, 3.8) is 0 Å². The number of fused-ring (bicyclic) bond motifs is 1. The van der Waals surface area contributed by atoms with Crippen molar-refractivity contribution in [3.05, 3.63) is 30.1 Å². The van der Waals surface area contributed by atoms with Crippen LogP contribution in [-0.4, -0.2) is 51.8 Å². The van der Waals surface area contributed by atoms with Crippen molar-refractivity contribution in [1.82, 2.24) is 14.9 Å². The predicted molar refractivity (Wildman–Crippen MR) is 93.6 cm³/mol. The monoisotopic (exact) mass is 333 g/mol. The van der Waals surface area contributed by atoms with Gasteiger partial charge in [-0.05, 0) is 32.9 Å². The Balaban J connectivity index is 1.58. The van der Waals surface area contributed by atoms with Gasteiger partial charge in [0.15, 0.2) is 0 Å². The minimum atomic E-state index is -0.247. The fourth-order valence-electron chi connectivity index (χ4n) is 2.76. The van der Waals surface area contributed by atoms with E-state index in [1.165, 1.54) is 0 Å². The van der Waals surface area contributed by atoms with E-state index in [1.54, 1.807) is 11.8 Å². The highest BCUT2D eigenvalue weighted by atomic mass is 32.2. The Morgan fingerprint density at radius 2 is 2.26 bits per heavy atom. The molecule has 2 heterocycles. The lowest BCUT2D eigenvalue weighted by Crippen LogP contribution is -2.51. The molecule has 0 spiro atoms. The Morgan fingerprint density at radius 1 is 1.48 bits per heavy atom. The van der Waals surface area contributed by atoms with Crippen LogP contribution in [0.4, 0.5) is 0 Å². The summed E-state index contributed by atoms with van der Waals surface area (Å²) in [6.07, 6.45) is 0. The largest absolute Gasteiger partial charge is 0.372 e. The number of H-pyrrole nitrogens is 1. The van der Waals surface area contributed by atoms with Crippen molar-refractivity contribution in [2.45, 2.75) is 31.6 Å². The van der Waals surface area contributed by atoms with E-state index in [0.717, 1.165) is 16.9 Å². The van der Waals surface area contributed by atoms with Gasteiger partial charge in [-0.25, -0.2) is 4.98 Å². The van der Waals surface area contributed by atoms with Gasteiger partial charge in [-0.1, -0.05) is 12.1 Å². The van der Waals surface area contributed by atoms with E-state index < -0.39 is 0 Å². The number of nitrogens with zero attached hydrogens (tertiary/aromatic N) is 2. The molecule has 1 atom stereocenters. The first-order valence-corrected chi connectivity index (χ1v) is 8.97. The van der Waals surface area contributed by atoms with Crippen molar-refractivity contribution in [3.8, 4) is 0 Å². The molecule has 3 rings (SSSR count). The van der Waals surface area contributed by atoms with Crippen LogP contribution in [0.25, 0.3) is 11.0 Å². The third-order valence-electron chi connectivity index (χ3n) is 4.03. The number of amides is 1. The van der Waals surface area contributed by atoms with E-state index in [9.17, 15) is 4.79 Å². The predicted octanol–water partition coefficient (Wildman–Crippen LogP) is 2.99. The van der Waals surface area contributed by atoms with Gasteiger partial charge in [0.1, 0.15) is 5.82 Å². The van der Waals surface area contributed by atoms with Crippen LogP contribution >= 0.6 is 11.8 Å². The van der Waals surface area contributed by atoms with E-state index in [4.69, 9.17) is 4.74 Å². The number of ether oxygens (including phenoxy) is 1. The lowest BCUT2D eigenvalue weighted by molar-refractivity contribution is -0.143. The molecule has 0 saturated carbocycles. The molecule has 1 unspecified atom stereocenters. The Labute approximate surface area is 140 Å². The quantitative estimate of drug-likeness (QED) is 0.934. The summed E-state index contributed by atoms with van der Waals surface area (Å²) in [7, 11) is 0. The first-order chi connectivity index (χ1) is 10.9. The van der Waals surface area contributed by atoms with Gasteiger partial charge in [-0.2, -0.15) is 0 Å². The minimum absolute atomic E-state index is 0.153.